The molecule has 2 atom stereocenters. The van der Waals surface area contributed by atoms with Crippen molar-refractivity contribution < 1.29 is 0 Å². The topological polar surface area (TPSA) is 52.0 Å². The van der Waals surface area contributed by atoms with Crippen molar-refractivity contribution in [3.05, 3.63) is 0 Å². The SMILES string of the molecule is CC(C)CC(C)N.CCCCCC(C)N. The van der Waals surface area contributed by atoms with E-state index >= 15 is 0 Å². The predicted molar refractivity (Wildman–Crippen MR) is 70.9 cm³/mol. The van der Waals surface area contributed by atoms with Gasteiger partial charge in [0.2, 0.25) is 0 Å². The minimum absolute atomic E-state index is 0.375. The van der Waals surface area contributed by atoms with Crippen molar-refractivity contribution in [1.29, 1.82) is 0 Å². The monoisotopic (exact) mass is 216 g/mol. The van der Waals surface area contributed by atoms with Crippen LogP contribution in [0, 0.1) is 5.92 Å². The third kappa shape index (κ3) is 24.9. The molecule has 0 saturated carbocycles. The van der Waals surface area contributed by atoms with E-state index < -0.39 is 0 Å². The Morgan fingerprint density at radius 2 is 1.40 bits per heavy atom. The Balaban J connectivity index is 0. The standard InChI is InChI=1S/C7H17N.C6H15N/c1-3-4-5-6-7(2)8;1-5(2)4-6(3)7/h7H,3-6,8H2,1-2H3;5-6H,4,7H2,1-3H3. The van der Waals surface area contributed by atoms with Crippen molar-refractivity contribution in [2.45, 2.75) is 78.8 Å². The average molecular weight is 216 g/mol. The van der Waals surface area contributed by atoms with Gasteiger partial charge in [0.25, 0.3) is 0 Å². The van der Waals surface area contributed by atoms with Crippen molar-refractivity contribution in [1.82, 2.24) is 0 Å². The van der Waals surface area contributed by atoms with Gasteiger partial charge in [-0.1, -0.05) is 40.0 Å². The smallest absolute Gasteiger partial charge is 0.00129 e. The van der Waals surface area contributed by atoms with E-state index in [0.717, 1.165) is 12.3 Å². The summed E-state index contributed by atoms with van der Waals surface area (Å²) < 4.78 is 0. The molecule has 0 radical (unpaired) electrons. The maximum Gasteiger partial charge on any atom is 0.00129 e. The molecule has 4 N–H and O–H groups in total. The van der Waals surface area contributed by atoms with E-state index in [1.807, 2.05) is 6.92 Å². The zero-order valence-electron chi connectivity index (χ0n) is 11.4. The van der Waals surface area contributed by atoms with Crippen molar-refractivity contribution in [3.8, 4) is 0 Å². The fraction of sp³-hybridized carbons (Fsp3) is 1.00. The van der Waals surface area contributed by atoms with E-state index in [1.54, 1.807) is 0 Å². The van der Waals surface area contributed by atoms with Gasteiger partial charge in [-0.15, -0.1) is 0 Å². The molecule has 0 bridgehead atoms. The van der Waals surface area contributed by atoms with Gasteiger partial charge < -0.3 is 11.5 Å². The summed E-state index contributed by atoms with van der Waals surface area (Å²) in [6.45, 7) is 10.7. The zero-order valence-corrected chi connectivity index (χ0v) is 11.4. The maximum absolute atomic E-state index is 5.53. The molecule has 0 saturated heterocycles. The molecule has 0 aliphatic carbocycles. The summed E-state index contributed by atoms with van der Waals surface area (Å²) >= 11 is 0. The van der Waals surface area contributed by atoms with Crippen molar-refractivity contribution >= 4 is 0 Å². The van der Waals surface area contributed by atoms with Gasteiger partial charge in [0.05, 0.1) is 0 Å². The van der Waals surface area contributed by atoms with Crippen LogP contribution in [-0.2, 0) is 0 Å². The highest BCUT2D eigenvalue weighted by atomic mass is 14.6. The van der Waals surface area contributed by atoms with Crippen LogP contribution in [0.5, 0.6) is 0 Å². The highest BCUT2D eigenvalue weighted by Gasteiger charge is 1.95. The Morgan fingerprint density at radius 1 is 0.867 bits per heavy atom. The Labute approximate surface area is 96.8 Å². The Hall–Kier alpha value is -0.0800. The van der Waals surface area contributed by atoms with Gasteiger partial charge in [-0.2, -0.15) is 0 Å². The summed E-state index contributed by atoms with van der Waals surface area (Å²) in [6.07, 6.45) is 6.26. The largest absolute Gasteiger partial charge is 0.328 e. The predicted octanol–water partition coefficient (Wildman–Crippen LogP) is 3.29. The molecule has 0 amide bonds. The lowest BCUT2D eigenvalue weighted by Crippen LogP contribution is -2.16. The first kappa shape index (κ1) is 17.3. The van der Waals surface area contributed by atoms with Gasteiger partial charge >= 0.3 is 0 Å². The fourth-order valence-corrected chi connectivity index (χ4v) is 1.46. The molecular weight excluding hydrogens is 184 g/mol. The molecule has 0 aliphatic heterocycles. The van der Waals surface area contributed by atoms with E-state index in [-0.39, 0.29) is 0 Å². The summed E-state index contributed by atoms with van der Waals surface area (Å²) in [5, 5.41) is 0. The van der Waals surface area contributed by atoms with Crippen LogP contribution in [0.15, 0.2) is 0 Å². The highest BCUT2D eigenvalue weighted by Crippen LogP contribution is 2.00. The van der Waals surface area contributed by atoms with Crippen molar-refractivity contribution in [3.63, 3.8) is 0 Å². The minimum atomic E-state index is 0.375. The molecule has 94 valence electrons. The van der Waals surface area contributed by atoms with E-state index in [0.29, 0.717) is 12.1 Å². The first-order valence-electron chi connectivity index (χ1n) is 6.41. The molecule has 0 rings (SSSR count). The zero-order chi connectivity index (χ0) is 12.3. The fourth-order valence-electron chi connectivity index (χ4n) is 1.46. The third-order valence-corrected chi connectivity index (χ3v) is 2.11. The summed E-state index contributed by atoms with van der Waals surface area (Å²) in [5.74, 6) is 0.750. The molecule has 0 fully saturated rings. The molecule has 0 heterocycles. The van der Waals surface area contributed by atoms with Gasteiger partial charge in [-0.3, -0.25) is 0 Å². The van der Waals surface area contributed by atoms with E-state index in [2.05, 4.69) is 27.7 Å². The maximum atomic E-state index is 5.53. The quantitative estimate of drug-likeness (QED) is 0.669. The molecule has 0 aromatic rings. The summed E-state index contributed by atoms with van der Waals surface area (Å²) in [5.41, 5.74) is 11.0. The summed E-state index contributed by atoms with van der Waals surface area (Å²) in [6, 6.07) is 0.779. The first-order valence-corrected chi connectivity index (χ1v) is 6.41. The Bertz CT molecular complexity index is 103. The van der Waals surface area contributed by atoms with E-state index in [9.17, 15) is 0 Å². The number of hydrogen-bond acceptors (Lipinski definition) is 2. The molecule has 0 aromatic carbocycles. The number of rotatable bonds is 6. The minimum Gasteiger partial charge on any atom is -0.328 e. The average Bonchev–Trinajstić information content (AvgIpc) is 2.02. The Morgan fingerprint density at radius 3 is 1.60 bits per heavy atom. The van der Waals surface area contributed by atoms with Crippen LogP contribution < -0.4 is 11.5 Å². The normalized spacial score (nSPS) is 14.4. The molecular formula is C13H32N2. The second kappa shape index (κ2) is 12.0. The van der Waals surface area contributed by atoms with Crippen LogP contribution in [0.2, 0.25) is 0 Å². The number of nitrogens with two attached hydrogens (primary N) is 2. The van der Waals surface area contributed by atoms with Crippen LogP contribution in [-0.4, -0.2) is 12.1 Å². The van der Waals surface area contributed by atoms with Gasteiger partial charge in [0, 0.05) is 12.1 Å². The second-order valence-electron chi connectivity index (χ2n) is 5.08. The molecule has 2 heteroatoms. The molecule has 0 aliphatic rings. The summed E-state index contributed by atoms with van der Waals surface area (Å²) in [4.78, 5) is 0. The second-order valence-corrected chi connectivity index (χ2v) is 5.08. The van der Waals surface area contributed by atoms with Crippen LogP contribution in [0.4, 0.5) is 0 Å². The third-order valence-electron chi connectivity index (χ3n) is 2.11. The van der Waals surface area contributed by atoms with Crippen LogP contribution in [0.25, 0.3) is 0 Å². The van der Waals surface area contributed by atoms with Crippen molar-refractivity contribution in [2.75, 3.05) is 0 Å². The van der Waals surface area contributed by atoms with Gasteiger partial charge in [-0.05, 0) is 32.6 Å². The molecule has 15 heavy (non-hydrogen) atoms. The summed E-state index contributed by atoms with van der Waals surface area (Å²) in [7, 11) is 0. The van der Waals surface area contributed by atoms with Crippen LogP contribution >= 0.6 is 0 Å². The van der Waals surface area contributed by atoms with Gasteiger partial charge in [0.15, 0.2) is 0 Å². The van der Waals surface area contributed by atoms with E-state index in [4.69, 9.17) is 11.5 Å². The number of unbranched alkanes of at least 4 members (excludes halogenated alkanes) is 2. The van der Waals surface area contributed by atoms with E-state index in [1.165, 1.54) is 25.7 Å². The molecule has 2 nitrogen and oxygen atoms in total. The lowest BCUT2D eigenvalue weighted by molar-refractivity contribution is 0.520. The molecule has 2 unspecified atom stereocenters. The lowest BCUT2D eigenvalue weighted by Gasteiger charge is -2.05. The van der Waals surface area contributed by atoms with Crippen molar-refractivity contribution in [2.24, 2.45) is 17.4 Å². The van der Waals surface area contributed by atoms with Crippen LogP contribution in [0.3, 0.4) is 0 Å². The first-order chi connectivity index (χ1) is 6.90. The van der Waals surface area contributed by atoms with Gasteiger partial charge in [-0.25, -0.2) is 0 Å². The Kier molecular flexibility index (Phi) is 13.8. The van der Waals surface area contributed by atoms with Crippen LogP contribution in [0.1, 0.15) is 66.7 Å². The molecule has 0 aromatic heterocycles. The number of hydrogen-bond donors (Lipinski definition) is 2. The lowest BCUT2D eigenvalue weighted by atomic mass is 10.1. The molecule has 0 spiro atoms. The highest BCUT2D eigenvalue weighted by molar-refractivity contribution is 4.54. The van der Waals surface area contributed by atoms with Gasteiger partial charge in [0.1, 0.15) is 0 Å².